The zero-order chi connectivity index (χ0) is 24.1. The number of halogens is 2. The summed E-state index contributed by atoms with van der Waals surface area (Å²) < 4.78 is 5.37. The van der Waals surface area contributed by atoms with Crippen molar-refractivity contribution in [1.29, 1.82) is 0 Å². The number of amides is 1. The Labute approximate surface area is 212 Å². The molecule has 1 amide bonds. The number of nitrogens with one attached hydrogen (secondary N) is 1. The summed E-state index contributed by atoms with van der Waals surface area (Å²) in [5.41, 5.74) is 6.96. The molecule has 0 bridgehead atoms. The molecule has 1 aliphatic heterocycles. The molecule has 1 aliphatic rings. The lowest BCUT2D eigenvalue weighted by Gasteiger charge is -2.31. The second-order valence-electron chi connectivity index (χ2n) is 8.02. The van der Waals surface area contributed by atoms with Gasteiger partial charge in [0, 0.05) is 30.4 Å². The molecule has 0 saturated carbocycles. The summed E-state index contributed by atoms with van der Waals surface area (Å²) in [6.45, 7) is 5.47. The van der Waals surface area contributed by atoms with Crippen molar-refractivity contribution in [2.45, 2.75) is 26.3 Å². The minimum absolute atomic E-state index is 0.0317. The first-order valence-electron chi connectivity index (χ1n) is 11.1. The van der Waals surface area contributed by atoms with Gasteiger partial charge >= 0.3 is 0 Å². The third-order valence-corrected chi connectivity index (χ3v) is 7.50. The van der Waals surface area contributed by atoms with Crippen molar-refractivity contribution in [3.8, 4) is 16.6 Å². The van der Waals surface area contributed by atoms with Gasteiger partial charge in [-0.15, -0.1) is 11.3 Å². The zero-order valence-electron chi connectivity index (χ0n) is 18.8. The van der Waals surface area contributed by atoms with Crippen molar-refractivity contribution in [3.05, 3.63) is 51.2 Å². The summed E-state index contributed by atoms with van der Waals surface area (Å²) >= 11 is 14.0. The summed E-state index contributed by atoms with van der Waals surface area (Å²) in [6, 6.07) is 5.84. The molecule has 3 aromatic rings. The molecule has 4 rings (SSSR count). The van der Waals surface area contributed by atoms with Gasteiger partial charge in [0.25, 0.3) is 5.91 Å². The number of carbonyl (C=O) groups excluding carboxylic acids is 1. The Balaban J connectivity index is 1.27. The highest BCUT2D eigenvalue weighted by Gasteiger charge is 2.24. The monoisotopic (exact) mass is 520 g/mol. The molecule has 1 fully saturated rings. The number of thiazole rings is 1. The Hall–Kier alpha value is -2.46. The maximum Gasteiger partial charge on any atom is 0.272 e. The Morgan fingerprint density at radius 1 is 1.26 bits per heavy atom. The average molecular weight is 521 g/mol. The van der Waals surface area contributed by atoms with E-state index in [1.165, 1.54) is 4.88 Å². The van der Waals surface area contributed by atoms with Crippen molar-refractivity contribution in [2.24, 2.45) is 5.92 Å². The number of aromatic nitrogens is 3. The van der Waals surface area contributed by atoms with Crippen LogP contribution in [0.4, 0.5) is 5.69 Å². The van der Waals surface area contributed by atoms with Gasteiger partial charge in [-0.05, 0) is 50.9 Å². The largest absolute Gasteiger partial charge is 0.477 e. The maximum absolute atomic E-state index is 12.7. The van der Waals surface area contributed by atoms with E-state index in [0.29, 0.717) is 19.1 Å². The number of nitrogens with two attached hydrogens (primary N) is 1. The fourth-order valence-corrected chi connectivity index (χ4v) is 5.11. The molecule has 3 aromatic heterocycles. The Kier molecular flexibility index (Phi) is 8.20. The van der Waals surface area contributed by atoms with Gasteiger partial charge < -0.3 is 15.8 Å². The second-order valence-corrected chi connectivity index (χ2v) is 9.89. The van der Waals surface area contributed by atoms with Crippen molar-refractivity contribution in [1.82, 2.24) is 25.2 Å². The minimum Gasteiger partial charge on any atom is -0.477 e. The van der Waals surface area contributed by atoms with E-state index in [1.807, 2.05) is 24.4 Å². The van der Waals surface area contributed by atoms with Crippen LogP contribution in [-0.2, 0) is 6.54 Å². The lowest BCUT2D eigenvalue weighted by molar-refractivity contribution is 0.0930. The Bertz CT molecular complexity index is 1140. The highest BCUT2D eigenvalue weighted by Crippen LogP contribution is 2.36. The second kappa shape index (κ2) is 11.3. The van der Waals surface area contributed by atoms with Gasteiger partial charge in [0.15, 0.2) is 5.69 Å². The molecule has 11 heteroatoms. The summed E-state index contributed by atoms with van der Waals surface area (Å²) in [4.78, 5) is 29.4. The highest BCUT2D eigenvalue weighted by molar-refractivity contribution is 7.14. The number of anilines is 1. The number of carbonyl (C=O) groups is 1. The Morgan fingerprint density at radius 3 is 2.76 bits per heavy atom. The van der Waals surface area contributed by atoms with Gasteiger partial charge in [0.05, 0.1) is 23.0 Å². The van der Waals surface area contributed by atoms with Crippen LogP contribution in [0, 0.1) is 5.92 Å². The number of piperidine rings is 1. The average Bonchev–Trinajstić information content (AvgIpc) is 3.33. The standard InChI is InChI=1S/C23H26Cl2N6O2S/c1-2-33-22-18(25)17(24)19(26)20(30-22)21(32)28-11-14-6-9-31(10-7-14)13-15-12-29-23(34-15)16-5-3-4-8-27-16/h3-5,8,12,14H,2,6-7,9-11,13,26H2,1H3,(H,28,32). The molecule has 8 nitrogen and oxygen atoms in total. The summed E-state index contributed by atoms with van der Waals surface area (Å²) in [7, 11) is 0. The summed E-state index contributed by atoms with van der Waals surface area (Å²) in [5, 5.41) is 4.07. The maximum atomic E-state index is 12.7. The summed E-state index contributed by atoms with van der Waals surface area (Å²) in [5.74, 6) is 0.100. The van der Waals surface area contributed by atoms with Crippen LogP contribution in [0.25, 0.3) is 10.7 Å². The van der Waals surface area contributed by atoms with E-state index >= 15 is 0 Å². The minimum atomic E-state index is -0.383. The van der Waals surface area contributed by atoms with Gasteiger partial charge in [0.2, 0.25) is 5.88 Å². The van der Waals surface area contributed by atoms with Crippen LogP contribution in [0.5, 0.6) is 5.88 Å². The summed E-state index contributed by atoms with van der Waals surface area (Å²) in [6.07, 6.45) is 5.69. The van der Waals surface area contributed by atoms with Crippen molar-refractivity contribution < 1.29 is 9.53 Å². The molecule has 1 saturated heterocycles. The van der Waals surface area contributed by atoms with E-state index in [1.54, 1.807) is 24.5 Å². The van der Waals surface area contributed by atoms with Gasteiger partial charge in [-0.2, -0.15) is 0 Å². The zero-order valence-corrected chi connectivity index (χ0v) is 21.1. The first kappa shape index (κ1) is 24.7. The first-order chi connectivity index (χ1) is 16.5. The number of pyridine rings is 2. The van der Waals surface area contributed by atoms with Crippen LogP contribution in [0.2, 0.25) is 10.0 Å². The molecular formula is C23H26Cl2N6O2S. The van der Waals surface area contributed by atoms with E-state index in [0.717, 1.165) is 43.2 Å². The normalized spacial score (nSPS) is 14.8. The van der Waals surface area contributed by atoms with E-state index in [-0.39, 0.29) is 33.2 Å². The van der Waals surface area contributed by atoms with Gasteiger partial charge in [-0.25, -0.2) is 9.97 Å². The van der Waals surface area contributed by atoms with Crippen molar-refractivity contribution in [2.75, 3.05) is 32.0 Å². The molecule has 34 heavy (non-hydrogen) atoms. The molecule has 0 aromatic carbocycles. The molecule has 4 heterocycles. The van der Waals surface area contributed by atoms with Crippen LogP contribution >= 0.6 is 34.5 Å². The smallest absolute Gasteiger partial charge is 0.272 e. The SMILES string of the molecule is CCOc1nc(C(=O)NCC2CCN(Cc3cnc(-c4ccccn4)s3)CC2)c(N)c(Cl)c1Cl. The topological polar surface area (TPSA) is 106 Å². The predicted molar refractivity (Wildman–Crippen MR) is 136 cm³/mol. The van der Waals surface area contributed by atoms with Crippen LogP contribution in [0.3, 0.4) is 0 Å². The molecule has 0 unspecified atom stereocenters. The molecule has 0 spiro atoms. The van der Waals surface area contributed by atoms with Crippen LogP contribution in [0.1, 0.15) is 35.1 Å². The van der Waals surface area contributed by atoms with Crippen LogP contribution in [0.15, 0.2) is 30.6 Å². The third-order valence-electron chi connectivity index (χ3n) is 5.66. The van der Waals surface area contributed by atoms with Gasteiger partial charge in [-0.3, -0.25) is 14.7 Å². The number of hydrogen-bond donors (Lipinski definition) is 2. The molecule has 180 valence electrons. The van der Waals surface area contributed by atoms with Gasteiger partial charge in [-0.1, -0.05) is 29.3 Å². The quantitative estimate of drug-likeness (QED) is 0.449. The fourth-order valence-electron chi connectivity index (χ4n) is 3.81. The molecule has 0 aliphatic carbocycles. The molecular weight excluding hydrogens is 495 g/mol. The van der Waals surface area contributed by atoms with Crippen LogP contribution in [-0.4, -0.2) is 52.0 Å². The number of ether oxygens (including phenoxy) is 1. The van der Waals surface area contributed by atoms with Crippen molar-refractivity contribution >= 4 is 46.1 Å². The van der Waals surface area contributed by atoms with E-state index in [9.17, 15) is 4.79 Å². The number of likely N-dealkylation sites (tertiary alicyclic amines) is 1. The molecule has 3 N–H and O–H groups in total. The number of nitrogens with zero attached hydrogens (tertiary/aromatic N) is 4. The van der Waals surface area contributed by atoms with Crippen LogP contribution < -0.4 is 15.8 Å². The van der Waals surface area contributed by atoms with Crippen molar-refractivity contribution in [3.63, 3.8) is 0 Å². The number of hydrogen-bond acceptors (Lipinski definition) is 8. The molecule has 0 radical (unpaired) electrons. The molecule has 0 atom stereocenters. The Morgan fingerprint density at radius 2 is 2.06 bits per heavy atom. The lowest BCUT2D eigenvalue weighted by Crippen LogP contribution is -2.38. The number of nitrogen functional groups attached to an aromatic ring is 1. The highest BCUT2D eigenvalue weighted by atomic mass is 35.5. The lowest BCUT2D eigenvalue weighted by atomic mass is 9.96. The fraction of sp³-hybridized carbons (Fsp3) is 0.391. The van der Waals surface area contributed by atoms with Gasteiger partial charge in [0.1, 0.15) is 10.0 Å². The van der Waals surface area contributed by atoms with E-state index < -0.39 is 0 Å². The van der Waals surface area contributed by atoms with E-state index in [4.69, 9.17) is 33.7 Å². The first-order valence-corrected chi connectivity index (χ1v) is 12.7. The predicted octanol–water partition coefficient (Wildman–Crippen LogP) is 4.53. The number of rotatable bonds is 8. The third kappa shape index (κ3) is 5.78. The van der Waals surface area contributed by atoms with E-state index in [2.05, 4.69) is 25.2 Å².